The molecule has 0 spiro atoms. The van der Waals surface area contributed by atoms with Crippen LogP contribution in [-0.2, 0) is 14.4 Å². The van der Waals surface area contributed by atoms with E-state index in [4.69, 9.17) is 14.2 Å². The Labute approximate surface area is 182 Å². The minimum atomic E-state index is -0.554. The van der Waals surface area contributed by atoms with Crippen molar-refractivity contribution in [1.82, 2.24) is 0 Å². The summed E-state index contributed by atoms with van der Waals surface area (Å²) in [7, 11) is 0. The summed E-state index contributed by atoms with van der Waals surface area (Å²) in [6, 6.07) is 14.5. The molecule has 0 radical (unpaired) electrons. The Bertz CT molecular complexity index is 1260. The summed E-state index contributed by atoms with van der Waals surface area (Å²) < 4.78 is 16.6. The maximum absolute atomic E-state index is 12.0. The molecule has 6 nitrogen and oxygen atoms in total. The van der Waals surface area contributed by atoms with Gasteiger partial charge in [0.2, 0.25) is 0 Å². The first-order valence-electron chi connectivity index (χ1n) is 9.47. The molecule has 0 unspecified atom stereocenters. The molecule has 0 aliphatic carbocycles. The second-order valence-corrected chi connectivity index (χ2v) is 7.77. The van der Waals surface area contributed by atoms with Gasteiger partial charge >= 0.3 is 17.9 Å². The first-order valence-corrected chi connectivity index (χ1v) is 10.3. The van der Waals surface area contributed by atoms with Crippen LogP contribution in [0.2, 0.25) is 0 Å². The molecule has 1 aromatic heterocycles. The van der Waals surface area contributed by atoms with Gasteiger partial charge in [0.05, 0.1) is 10.8 Å². The summed E-state index contributed by atoms with van der Waals surface area (Å²) in [5, 5.41) is 4.33. The van der Waals surface area contributed by atoms with E-state index in [9.17, 15) is 14.4 Å². The molecular formula is C24H18O6S. The molecule has 0 amide bonds. The van der Waals surface area contributed by atoms with Crippen LogP contribution in [0.25, 0.3) is 32.0 Å². The number of carbonyl (C=O) groups is 3. The van der Waals surface area contributed by atoms with Crippen molar-refractivity contribution in [2.24, 2.45) is 0 Å². The molecule has 4 aromatic rings. The van der Waals surface area contributed by atoms with E-state index in [0.29, 0.717) is 10.8 Å². The van der Waals surface area contributed by atoms with Gasteiger partial charge in [0.15, 0.2) is 5.75 Å². The van der Waals surface area contributed by atoms with Crippen molar-refractivity contribution in [1.29, 1.82) is 0 Å². The van der Waals surface area contributed by atoms with Gasteiger partial charge in [-0.15, -0.1) is 11.3 Å². The molecule has 1 heterocycles. The van der Waals surface area contributed by atoms with Crippen molar-refractivity contribution >= 4 is 50.8 Å². The van der Waals surface area contributed by atoms with Gasteiger partial charge in [-0.2, -0.15) is 0 Å². The van der Waals surface area contributed by atoms with E-state index in [1.165, 1.54) is 20.8 Å². The second-order valence-electron chi connectivity index (χ2n) is 6.82. The van der Waals surface area contributed by atoms with E-state index >= 15 is 0 Å². The lowest BCUT2D eigenvalue weighted by molar-refractivity contribution is -0.132. The Hall–Kier alpha value is -3.71. The fourth-order valence-electron chi connectivity index (χ4n) is 3.63. The molecule has 7 heteroatoms. The number of esters is 3. The number of hydrogen-bond donors (Lipinski definition) is 0. The highest BCUT2D eigenvalue weighted by Gasteiger charge is 2.24. The molecule has 0 fully saturated rings. The van der Waals surface area contributed by atoms with E-state index in [1.807, 2.05) is 29.6 Å². The standard InChI is InChI=1S/C24H18O6S/c1-13(25)28-18-9-4-7-16-21(20-11-6-12-31-20)17-8-5-10-19(29-14(2)26)23(17)24(22(16)18)30-15(3)27/h4-12H,1-3H3. The Morgan fingerprint density at radius 3 is 1.61 bits per heavy atom. The molecule has 0 saturated heterocycles. The normalized spacial score (nSPS) is 10.8. The number of ether oxygens (including phenoxy) is 3. The van der Waals surface area contributed by atoms with Gasteiger partial charge in [-0.25, -0.2) is 0 Å². The number of fused-ring (bicyclic) bond motifs is 2. The van der Waals surface area contributed by atoms with E-state index in [1.54, 1.807) is 35.6 Å². The molecule has 0 bridgehead atoms. The van der Waals surface area contributed by atoms with Crippen molar-refractivity contribution in [2.45, 2.75) is 20.8 Å². The Kier molecular flexibility index (Phi) is 5.44. The van der Waals surface area contributed by atoms with Crippen LogP contribution >= 0.6 is 11.3 Å². The molecule has 0 saturated carbocycles. The predicted molar refractivity (Wildman–Crippen MR) is 119 cm³/mol. The summed E-state index contributed by atoms with van der Waals surface area (Å²) in [4.78, 5) is 36.6. The van der Waals surface area contributed by atoms with Gasteiger partial charge in [-0.1, -0.05) is 30.3 Å². The number of hydrogen-bond acceptors (Lipinski definition) is 7. The van der Waals surface area contributed by atoms with Crippen molar-refractivity contribution in [3.63, 3.8) is 0 Å². The number of thiophene rings is 1. The van der Waals surface area contributed by atoms with Crippen LogP contribution < -0.4 is 14.2 Å². The van der Waals surface area contributed by atoms with Gasteiger partial charge in [-0.05, 0) is 34.4 Å². The largest absolute Gasteiger partial charge is 0.426 e. The highest BCUT2D eigenvalue weighted by Crippen LogP contribution is 2.50. The quantitative estimate of drug-likeness (QED) is 0.240. The fourth-order valence-corrected chi connectivity index (χ4v) is 4.43. The molecule has 156 valence electrons. The number of carbonyl (C=O) groups excluding carboxylic acids is 3. The molecule has 0 aliphatic rings. The van der Waals surface area contributed by atoms with E-state index < -0.39 is 17.9 Å². The van der Waals surface area contributed by atoms with Gasteiger partial charge in [0, 0.05) is 31.2 Å². The maximum Gasteiger partial charge on any atom is 0.308 e. The Balaban J connectivity index is 2.27. The molecule has 4 rings (SSSR count). The molecular weight excluding hydrogens is 416 g/mol. The van der Waals surface area contributed by atoms with Crippen LogP contribution in [0.3, 0.4) is 0 Å². The van der Waals surface area contributed by atoms with Gasteiger partial charge in [-0.3, -0.25) is 14.4 Å². The van der Waals surface area contributed by atoms with Crippen LogP contribution in [0.15, 0.2) is 53.9 Å². The molecule has 0 N–H and O–H groups in total. The third-order valence-electron chi connectivity index (χ3n) is 4.57. The van der Waals surface area contributed by atoms with Crippen molar-refractivity contribution < 1.29 is 28.6 Å². The minimum absolute atomic E-state index is 0.173. The molecule has 0 aliphatic heterocycles. The topological polar surface area (TPSA) is 78.9 Å². The van der Waals surface area contributed by atoms with E-state index in [-0.39, 0.29) is 17.2 Å². The average Bonchev–Trinajstić information content (AvgIpc) is 3.21. The summed E-state index contributed by atoms with van der Waals surface area (Å²) in [6.45, 7) is 3.89. The number of rotatable bonds is 4. The first kappa shape index (κ1) is 20.6. The zero-order chi connectivity index (χ0) is 22.1. The second kappa shape index (κ2) is 8.20. The van der Waals surface area contributed by atoms with Crippen molar-refractivity contribution in [3.8, 4) is 27.7 Å². The summed E-state index contributed by atoms with van der Waals surface area (Å²) in [5.41, 5.74) is 0.860. The summed E-state index contributed by atoms with van der Waals surface area (Å²) >= 11 is 1.54. The third-order valence-corrected chi connectivity index (χ3v) is 5.45. The highest BCUT2D eigenvalue weighted by molar-refractivity contribution is 7.13. The smallest absolute Gasteiger partial charge is 0.308 e. The lowest BCUT2D eigenvalue weighted by Crippen LogP contribution is -2.08. The van der Waals surface area contributed by atoms with Crippen LogP contribution in [0, 0.1) is 0 Å². The molecule has 3 aromatic carbocycles. The lowest BCUT2D eigenvalue weighted by atomic mass is 9.93. The predicted octanol–water partition coefficient (Wildman–Crippen LogP) is 5.50. The molecule has 0 atom stereocenters. The Morgan fingerprint density at radius 1 is 0.677 bits per heavy atom. The van der Waals surface area contributed by atoms with Crippen LogP contribution in [0.4, 0.5) is 0 Å². The SMILES string of the molecule is CC(=O)Oc1cccc2c(-c3cccs3)c3cccc(OC(C)=O)c3c(OC(C)=O)c12. The average molecular weight is 434 g/mol. The van der Waals surface area contributed by atoms with Crippen LogP contribution in [-0.4, -0.2) is 17.9 Å². The van der Waals surface area contributed by atoms with Gasteiger partial charge in [0.1, 0.15) is 11.5 Å². The van der Waals surface area contributed by atoms with Gasteiger partial charge in [0.25, 0.3) is 0 Å². The minimum Gasteiger partial charge on any atom is -0.426 e. The van der Waals surface area contributed by atoms with Crippen LogP contribution in [0.1, 0.15) is 20.8 Å². The summed E-state index contributed by atoms with van der Waals surface area (Å²) in [5.74, 6) is -0.898. The van der Waals surface area contributed by atoms with E-state index in [2.05, 4.69) is 0 Å². The van der Waals surface area contributed by atoms with Crippen molar-refractivity contribution in [3.05, 3.63) is 53.9 Å². The Morgan fingerprint density at radius 2 is 1.19 bits per heavy atom. The number of benzene rings is 3. The fraction of sp³-hybridized carbons (Fsp3) is 0.125. The summed E-state index contributed by atoms with van der Waals surface area (Å²) in [6.07, 6.45) is 0. The first-order chi connectivity index (χ1) is 14.9. The monoisotopic (exact) mass is 434 g/mol. The maximum atomic E-state index is 12.0. The zero-order valence-electron chi connectivity index (χ0n) is 17.1. The van der Waals surface area contributed by atoms with E-state index in [0.717, 1.165) is 21.2 Å². The third kappa shape index (κ3) is 3.87. The zero-order valence-corrected chi connectivity index (χ0v) is 17.9. The highest BCUT2D eigenvalue weighted by atomic mass is 32.1. The molecule has 31 heavy (non-hydrogen) atoms. The van der Waals surface area contributed by atoms with Crippen LogP contribution in [0.5, 0.6) is 17.2 Å². The van der Waals surface area contributed by atoms with Gasteiger partial charge < -0.3 is 14.2 Å². The lowest BCUT2D eigenvalue weighted by Gasteiger charge is -2.19. The van der Waals surface area contributed by atoms with Crippen molar-refractivity contribution in [2.75, 3.05) is 0 Å².